The number of nitriles is 2. The molecule has 0 amide bonds. The first-order valence-corrected chi connectivity index (χ1v) is 27.8. The SMILES string of the molecule is C=C(C)C(=O)OCCCCCCCCCCCOc1ccc(C=C(C#N)c2ccc(OC)c(OC)c2)cc1OC.C=C(C)C(=O)OCCCCCCCCCCCOc1ccc(C=C(C#N)c2ccc(OC)c(OC)c2)cc1OC. The van der Waals surface area contributed by atoms with E-state index in [1.165, 1.54) is 64.2 Å². The number of unbranched alkanes of at least 4 members (excludes halogenated alkanes) is 16. The Balaban J connectivity index is 0.000000420. The number of nitrogens with zero attached hydrogens (tertiary/aromatic N) is 2. The summed E-state index contributed by atoms with van der Waals surface area (Å²) in [6.07, 6.45) is 23.8. The molecule has 0 unspecified atom stereocenters. The molecule has 0 aromatic heterocycles. The number of benzene rings is 4. The first kappa shape index (κ1) is 66.4. The van der Waals surface area contributed by atoms with Crippen molar-refractivity contribution in [3.8, 4) is 58.1 Å². The van der Waals surface area contributed by atoms with Gasteiger partial charge in [0.2, 0.25) is 0 Å². The maximum atomic E-state index is 11.3. The lowest BCUT2D eigenvalue weighted by atomic mass is 10.0. The molecule has 0 aliphatic carbocycles. The molecule has 80 heavy (non-hydrogen) atoms. The Morgan fingerprint density at radius 2 is 0.662 bits per heavy atom. The first-order chi connectivity index (χ1) is 38.9. The van der Waals surface area contributed by atoms with Gasteiger partial charge in [0.15, 0.2) is 46.0 Å². The molecule has 0 spiro atoms. The predicted octanol–water partition coefficient (Wildman–Crippen LogP) is 15.6. The maximum absolute atomic E-state index is 11.3. The lowest BCUT2D eigenvalue weighted by Gasteiger charge is -2.12. The lowest BCUT2D eigenvalue weighted by Crippen LogP contribution is -2.05. The number of allylic oxidation sites excluding steroid dienone is 2. The molecule has 14 heteroatoms. The minimum atomic E-state index is -0.298. The second kappa shape index (κ2) is 39.5. The third-order valence-corrected chi connectivity index (χ3v) is 12.9. The summed E-state index contributed by atoms with van der Waals surface area (Å²) in [4.78, 5) is 22.6. The van der Waals surface area contributed by atoms with E-state index in [-0.39, 0.29) is 11.9 Å². The molecule has 4 aromatic rings. The van der Waals surface area contributed by atoms with Crippen LogP contribution in [0.15, 0.2) is 97.1 Å². The largest absolute Gasteiger partial charge is 0.493 e. The van der Waals surface area contributed by atoms with Gasteiger partial charge in [-0.1, -0.05) is 115 Å². The molecular weight excluding hydrogens is 1010 g/mol. The fraction of sp³-hybridized carbons (Fsp3) is 0.455. The summed E-state index contributed by atoms with van der Waals surface area (Å²) in [5, 5.41) is 19.5. The first-order valence-electron chi connectivity index (χ1n) is 27.8. The van der Waals surface area contributed by atoms with E-state index >= 15 is 0 Å². The Hall–Kier alpha value is -7.84. The molecule has 0 fully saturated rings. The second-order valence-electron chi connectivity index (χ2n) is 19.2. The molecule has 0 N–H and O–H groups in total. The molecule has 0 heterocycles. The summed E-state index contributed by atoms with van der Waals surface area (Å²) in [5.74, 6) is 4.41. The van der Waals surface area contributed by atoms with Gasteiger partial charge in [-0.2, -0.15) is 10.5 Å². The highest BCUT2D eigenvalue weighted by atomic mass is 16.5. The molecule has 14 nitrogen and oxygen atoms in total. The minimum Gasteiger partial charge on any atom is -0.493 e. The van der Waals surface area contributed by atoms with Crippen molar-refractivity contribution in [2.45, 2.75) is 129 Å². The van der Waals surface area contributed by atoms with Gasteiger partial charge in [0.1, 0.15) is 0 Å². The van der Waals surface area contributed by atoms with Crippen LogP contribution >= 0.6 is 0 Å². The fourth-order valence-electron chi connectivity index (χ4n) is 8.31. The van der Waals surface area contributed by atoms with E-state index in [4.69, 9.17) is 47.4 Å². The number of hydrogen-bond donors (Lipinski definition) is 0. The molecule has 0 atom stereocenters. The van der Waals surface area contributed by atoms with E-state index in [2.05, 4.69) is 25.3 Å². The maximum Gasteiger partial charge on any atom is 0.333 e. The Morgan fingerprint density at radius 3 is 0.950 bits per heavy atom. The third-order valence-electron chi connectivity index (χ3n) is 12.9. The smallest absolute Gasteiger partial charge is 0.333 e. The van der Waals surface area contributed by atoms with E-state index in [1.54, 1.807) is 80.8 Å². The molecule has 0 saturated heterocycles. The second-order valence-corrected chi connectivity index (χ2v) is 19.2. The van der Waals surface area contributed by atoms with Crippen LogP contribution in [0.4, 0.5) is 0 Å². The monoisotopic (exact) mass is 1100 g/mol. The van der Waals surface area contributed by atoms with Gasteiger partial charge in [0.25, 0.3) is 0 Å². The van der Waals surface area contributed by atoms with Crippen molar-refractivity contribution < 1.29 is 57.0 Å². The zero-order chi connectivity index (χ0) is 58.3. The van der Waals surface area contributed by atoms with Crippen LogP contribution in [0.3, 0.4) is 0 Å². The number of rotatable bonds is 38. The quantitative estimate of drug-likeness (QED) is 0.0136. The highest BCUT2D eigenvalue weighted by molar-refractivity contribution is 5.91. The Kier molecular flexibility index (Phi) is 32.8. The fourth-order valence-corrected chi connectivity index (χ4v) is 8.31. The lowest BCUT2D eigenvalue weighted by molar-refractivity contribution is -0.139. The van der Waals surface area contributed by atoms with Crippen molar-refractivity contribution in [1.82, 2.24) is 0 Å². The van der Waals surface area contributed by atoms with Crippen LogP contribution in [-0.4, -0.2) is 81.0 Å². The molecule has 0 radical (unpaired) electrons. The van der Waals surface area contributed by atoms with Gasteiger partial charge in [-0.3, -0.25) is 0 Å². The van der Waals surface area contributed by atoms with Crippen molar-refractivity contribution >= 4 is 35.2 Å². The topological polar surface area (TPSA) is 174 Å². The number of esters is 2. The van der Waals surface area contributed by atoms with Crippen molar-refractivity contribution in [3.63, 3.8) is 0 Å². The number of hydrogen-bond acceptors (Lipinski definition) is 14. The normalized spacial score (nSPS) is 10.9. The third kappa shape index (κ3) is 24.9. The highest BCUT2D eigenvalue weighted by Crippen LogP contribution is 2.35. The van der Waals surface area contributed by atoms with E-state index in [1.807, 2.05) is 60.7 Å². The van der Waals surface area contributed by atoms with Gasteiger partial charge in [-0.15, -0.1) is 0 Å². The summed E-state index contributed by atoms with van der Waals surface area (Å²) in [6.45, 7) is 12.7. The molecule has 432 valence electrons. The molecule has 0 bridgehead atoms. The van der Waals surface area contributed by atoms with E-state index < -0.39 is 0 Å². The molecular formula is C66H86N2O12. The van der Waals surface area contributed by atoms with Crippen LogP contribution in [0.1, 0.15) is 152 Å². The summed E-state index contributed by atoms with van der Waals surface area (Å²) in [7, 11) is 9.53. The van der Waals surface area contributed by atoms with Crippen LogP contribution in [-0.2, 0) is 19.1 Å². The summed E-state index contributed by atoms with van der Waals surface area (Å²) >= 11 is 0. The Labute approximate surface area is 476 Å². The zero-order valence-corrected chi connectivity index (χ0v) is 48.8. The summed E-state index contributed by atoms with van der Waals surface area (Å²) < 4.78 is 54.6. The number of carbonyl (C=O) groups is 2. The van der Waals surface area contributed by atoms with Crippen LogP contribution in [0.25, 0.3) is 23.3 Å². The Morgan fingerprint density at radius 1 is 0.388 bits per heavy atom. The highest BCUT2D eigenvalue weighted by Gasteiger charge is 2.13. The average Bonchev–Trinajstić information content (AvgIpc) is 3.48. The number of carbonyl (C=O) groups excluding carboxylic acids is 2. The molecule has 0 saturated carbocycles. The van der Waals surface area contributed by atoms with Crippen LogP contribution < -0.4 is 37.9 Å². The van der Waals surface area contributed by atoms with Crippen molar-refractivity contribution in [2.75, 3.05) is 69.1 Å². The van der Waals surface area contributed by atoms with E-state index in [0.717, 1.165) is 73.6 Å². The van der Waals surface area contributed by atoms with Gasteiger partial charge in [-0.25, -0.2) is 9.59 Å². The zero-order valence-electron chi connectivity index (χ0n) is 48.8. The molecule has 4 rings (SSSR count). The summed E-state index contributed by atoms with van der Waals surface area (Å²) in [5.41, 5.74) is 5.05. The van der Waals surface area contributed by atoms with E-state index in [0.29, 0.717) is 94.7 Å². The van der Waals surface area contributed by atoms with Gasteiger partial charge in [-0.05, 0) is 135 Å². The van der Waals surface area contributed by atoms with Crippen LogP contribution in [0, 0.1) is 22.7 Å². The van der Waals surface area contributed by atoms with Crippen molar-refractivity contribution in [1.29, 1.82) is 10.5 Å². The molecule has 0 aliphatic rings. The predicted molar refractivity (Wildman–Crippen MR) is 318 cm³/mol. The summed E-state index contributed by atoms with van der Waals surface area (Å²) in [6, 6.07) is 26.7. The average molecular weight is 1100 g/mol. The van der Waals surface area contributed by atoms with Crippen molar-refractivity contribution in [2.24, 2.45) is 0 Å². The van der Waals surface area contributed by atoms with Crippen LogP contribution in [0.5, 0.6) is 46.0 Å². The van der Waals surface area contributed by atoms with Gasteiger partial charge in [0.05, 0.1) is 92.4 Å². The molecule has 4 aromatic carbocycles. The molecule has 0 aliphatic heterocycles. The van der Waals surface area contributed by atoms with E-state index in [9.17, 15) is 20.1 Å². The standard InChI is InChI=1S/2C33H43NO6/c2*1-25(2)33(35)40-20-14-12-10-8-6-7-9-11-13-19-39-30-17-15-26(22-31(30)37-4)21-28(24-34)27-16-18-29(36-3)32(23-27)38-5/h2*15-18,21-23H,1,6-14,19-20H2,2-5H3. The van der Waals surface area contributed by atoms with Gasteiger partial charge < -0.3 is 47.4 Å². The number of ether oxygens (including phenoxy) is 10. The van der Waals surface area contributed by atoms with Gasteiger partial charge in [0, 0.05) is 11.1 Å². The van der Waals surface area contributed by atoms with Crippen molar-refractivity contribution in [3.05, 3.63) is 119 Å². The Bertz CT molecular complexity index is 2510. The minimum absolute atomic E-state index is 0.298. The van der Waals surface area contributed by atoms with Gasteiger partial charge >= 0.3 is 11.9 Å². The number of methoxy groups -OCH3 is 6. The van der Waals surface area contributed by atoms with Crippen LogP contribution in [0.2, 0.25) is 0 Å².